The van der Waals surface area contributed by atoms with E-state index in [4.69, 9.17) is 23.2 Å². The molecule has 214 valence electrons. The second kappa shape index (κ2) is 14.3. The van der Waals surface area contributed by atoms with Crippen molar-refractivity contribution in [2.75, 3.05) is 12.3 Å². The molecule has 1 aliphatic heterocycles. The molecule has 0 saturated heterocycles. The molecule has 3 aromatic carbocycles. The molecular weight excluding hydrogens is 571 g/mol. The number of rotatable bonds is 7. The van der Waals surface area contributed by atoms with Crippen LogP contribution in [0.5, 0.6) is 0 Å². The first-order chi connectivity index (χ1) is 18.4. The highest BCUT2D eigenvalue weighted by Crippen LogP contribution is 2.47. The van der Waals surface area contributed by atoms with Crippen LogP contribution in [0.2, 0.25) is 10.0 Å². The second-order valence-corrected chi connectivity index (χ2v) is 11.8. The standard InChI is InChI=1S/C30H30Cl2N2O3S.2H2O/c31-19-10-15-25(26(32)18-19)28-27(29(36)33-16-17-38-22-6-2-1-3-7-22)23-8-4-5-9-24(23)30(37)34(28)20-11-13-21(35)14-12-20;;/h1-10,15,18,20-21,27-28,35H,11-14,16-17H2,(H,33,36);2*1H2/t20?,21?,27-,28+;;/m1../s1. The number of amides is 2. The minimum Gasteiger partial charge on any atom is -0.412 e. The number of nitrogens with one attached hydrogen (secondary N) is 1. The van der Waals surface area contributed by atoms with Gasteiger partial charge in [0, 0.05) is 38.8 Å². The van der Waals surface area contributed by atoms with Gasteiger partial charge in [0.2, 0.25) is 5.91 Å². The van der Waals surface area contributed by atoms with Crippen LogP contribution in [0.4, 0.5) is 0 Å². The van der Waals surface area contributed by atoms with Gasteiger partial charge in [0.25, 0.3) is 5.91 Å². The van der Waals surface area contributed by atoms with Gasteiger partial charge in [-0.05, 0) is 67.1 Å². The predicted molar refractivity (Wildman–Crippen MR) is 160 cm³/mol. The minimum atomic E-state index is -0.642. The van der Waals surface area contributed by atoms with Crippen LogP contribution in [-0.4, -0.2) is 57.2 Å². The van der Waals surface area contributed by atoms with Crippen molar-refractivity contribution in [3.05, 3.63) is 99.5 Å². The van der Waals surface area contributed by atoms with Crippen molar-refractivity contribution in [1.82, 2.24) is 10.2 Å². The molecule has 2 atom stereocenters. The van der Waals surface area contributed by atoms with Gasteiger partial charge in [0.15, 0.2) is 0 Å². The summed E-state index contributed by atoms with van der Waals surface area (Å²) >= 11 is 14.6. The Labute approximate surface area is 248 Å². The van der Waals surface area contributed by atoms with Crippen molar-refractivity contribution in [1.29, 1.82) is 0 Å². The maximum absolute atomic E-state index is 14.0. The van der Waals surface area contributed by atoms with Crippen molar-refractivity contribution in [3.63, 3.8) is 0 Å². The first kappa shape index (κ1) is 31.9. The van der Waals surface area contributed by atoms with Crippen LogP contribution in [0, 0.1) is 0 Å². The summed E-state index contributed by atoms with van der Waals surface area (Å²) in [6, 6.07) is 22.0. The minimum absolute atomic E-state index is 0. The van der Waals surface area contributed by atoms with Crippen molar-refractivity contribution in [3.8, 4) is 0 Å². The molecule has 0 unspecified atom stereocenters. The Morgan fingerprint density at radius 2 is 1.60 bits per heavy atom. The van der Waals surface area contributed by atoms with Gasteiger partial charge >= 0.3 is 0 Å². The molecule has 5 rings (SSSR count). The lowest BCUT2D eigenvalue weighted by molar-refractivity contribution is -0.124. The number of halogens is 2. The van der Waals surface area contributed by atoms with Gasteiger partial charge in [0.1, 0.15) is 0 Å². The number of carbonyl (C=O) groups excluding carboxylic acids is 2. The fraction of sp³-hybridized carbons (Fsp3) is 0.333. The Kier molecular flexibility index (Phi) is 11.5. The van der Waals surface area contributed by atoms with Gasteiger partial charge in [-0.3, -0.25) is 9.59 Å². The summed E-state index contributed by atoms with van der Waals surface area (Å²) in [5.74, 6) is -0.173. The molecule has 0 bridgehead atoms. The number of hydrogen-bond acceptors (Lipinski definition) is 4. The Hall–Kier alpha value is -2.59. The largest absolute Gasteiger partial charge is 0.412 e. The average Bonchev–Trinajstić information content (AvgIpc) is 2.92. The molecule has 1 fully saturated rings. The van der Waals surface area contributed by atoms with E-state index in [1.165, 1.54) is 0 Å². The molecule has 1 heterocycles. The Balaban J connectivity index is 0.00000220. The topological polar surface area (TPSA) is 133 Å². The third-order valence-electron chi connectivity index (χ3n) is 7.41. The van der Waals surface area contributed by atoms with Crippen molar-refractivity contribution in [2.24, 2.45) is 0 Å². The van der Waals surface area contributed by atoms with E-state index in [9.17, 15) is 14.7 Å². The van der Waals surface area contributed by atoms with E-state index in [-0.39, 0.29) is 34.9 Å². The van der Waals surface area contributed by atoms with Crippen molar-refractivity contribution >= 4 is 46.8 Å². The monoisotopic (exact) mass is 604 g/mol. The molecule has 7 nitrogen and oxygen atoms in total. The van der Waals surface area contributed by atoms with Crippen LogP contribution >= 0.6 is 35.0 Å². The maximum Gasteiger partial charge on any atom is 0.254 e. The average molecular weight is 606 g/mol. The molecule has 0 spiro atoms. The molecular formula is C30H34Cl2N2O5S. The number of hydrogen-bond donors (Lipinski definition) is 2. The van der Waals surface area contributed by atoms with E-state index in [1.807, 2.05) is 59.5 Å². The van der Waals surface area contributed by atoms with E-state index in [0.717, 1.165) is 10.6 Å². The lowest BCUT2D eigenvalue weighted by Crippen LogP contribution is -2.52. The molecule has 0 radical (unpaired) electrons. The molecule has 1 aliphatic carbocycles. The third-order valence-corrected chi connectivity index (χ3v) is 8.99. The SMILES string of the molecule is O.O.O=C(NCCSc1ccccc1)[C@@H]1c2ccccc2C(=O)N(C2CCC(O)CC2)[C@H]1c1ccc(Cl)cc1Cl. The van der Waals surface area contributed by atoms with E-state index in [0.29, 0.717) is 59.0 Å². The van der Waals surface area contributed by atoms with Crippen LogP contribution in [0.3, 0.4) is 0 Å². The van der Waals surface area contributed by atoms with Gasteiger partial charge < -0.3 is 26.3 Å². The van der Waals surface area contributed by atoms with Gasteiger partial charge in [-0.25, -0.2) is 0 Å². The quantitative estimate of drug-likeness (QED) is 0.295. The molecule has 10 heteroatoms. The summed E-state index contributed by atoms with van der Waals surface area (Å²) in [4.78, 5) is 31.0. The number of benzene rings is 3. The summed E-state index contributed by atoms with van der Waals surface area (Å²) < 4.78 is 0. The molecule has 6 N–H and O–H groups in total. The summed E-state index contributed by atoms with van der Waals surface area (Å²) in [6.45, 7) is 0.488. The highest BCUT2D eigenvalue weighted by atomic mass is 35.5. The normalized spacial score (nSPS) is 22.0. The van der Waals surface area contributed by atoms with Gasteiger partial charge in [-0.1, -0.05) is 65.7 Å². The number of thioether (sulfide) groups is 1. The zero-order valence-electron chi connectivity index (χ0n) is 21.9. The molecule has 2 amide bonds. The number of aliphatic hydroxyl groups excluding tert-OH is 1. The lowest BCUT2D eigenvalue weighted by Gasteiger charge is -2.47. The molecule has 0 aromatic heterocycles. The number of carbonyl (C=O) groups is 2. The molecule has 1 saturated carbocycles. The summed E-state index contributed by atoms with van der Waals surface area (Å²) in [5.41, 5.74) is 1.94. The zero-order chi connectivity index (χ0) is 26.6. The van der Waals surface area contributed by atoms with Gasteiger partial charge in [-0.2, -0.15) is 0 Å². The third kappa shape index (κ3) is 6.82. The predicted octanol–water partition coefficient (Wildman–Crippen LogP) is 4.84. The van der Waals surface area contributed by atoms with Crippen molar-refractivity contribution < 1.29 is 25.6 Å². The maximum atomic E-state index is 14.0. The van der Waals surface area contributed by atoms with Crippen molar-refractivity contribution in [2.45, 2.75) is 54.7 Å². The highest BCUT2D eigenvalue weighted by Gasteiger charge is 2.47. The second-order valence-electron chi connectivity index (χ2n) is 9.80. The fourth-order valence-electron chi connectivity index (χ4n) is 5.61. The van der Waals surface area contributed by atoms with E-state index in [2.05, 4.69) is 5.32 Å². The summed E-state index contributed by atoms with van der Waals surface area (Å²) in [6.07, 6.45) is 2.20. The van der Waals surface area contributed by atoms with Crippen LogP contribution in [0.25, 0.3) is 0 Å². The molecule has 3 aromatic rings. The highest BCUT2D eigenvalue weighted by molar-refractivity contribution is 7.99. The van der Waals surface area contributed by atoms with E-state index in [1.54, 1.807) is 30.0 Å². The van der Waals surface area contributed by atoms with Crippen LogP contribution in [0.15, 0.2) is 77.7 Å². The fourth-order valence-corrected chi connectivity index (χ4v) is 6.92. The number of nitrogens with zero attached hydrogens (tertiary/aromatic N) is 1. The molecule has 2 aliphatic rings. The zero-order valence-corrected chi connectivity index (χ0v) is 24.2. The summed E-state index contributed by atoms with van der Waals surface area (Å²) in [5, 5.41) is 14.2. The first-order valence-corrected chi connectivity index (χ1v) is 14.7. The number of fused-ring (bicyclic) bond motifs is 1. The Bertz CT molecular complexity index is 1300. The number of aliphatic hydroxyl groups is 1. The van der Waals surface area contributed by atoms with Crippen LogP contribution < -0.4 is 5.32 Å². The first-order valence-electron chi connectivity index (χ1n) is 12.9. The lowest BCUT2D eigenvalue weighted by atomic mass is 9.77. The van der Waals surface area contributed by atoms with E-state index < -0.39 is 12.0 Å². The van der Waals surface area contributed by atoms with Crippen LogP contribution in [0.1, 0.15) is 59.1 Å². The molecule has 40 heavy (non-hydrogen) atoms. The summed E-state index contributed by atoms with van der Waals surface area (Å²) in [7, 11) is 0. The van der Waals surface area contributed by atoms with E-state index >= 15 is 0 Å². The van der Waals surface area contributed by atoms with Gasteiger partial charge in [0.05, 0.1) is 18.1 Å². The van der Waals surface area contributed by atoms with Gasteiger partial charge in [-0.15, -0.1) is 11.8 Å². The van der Waals surface area contributed by atoms with Crippen LogP contribution in [-0.2, 0) is 4.79 Å². The Morgan fingerprint density at radius 1 is 0.925 bits per heavy atom. The smallest absolute Gasteiger partial charge is 0.254 e. The Morgan fingerprint density at radius 3 is 2.30 bits per heavy atom.